The van der Waals surface area contributed by atoms with Gasteiger partial charge in [0.25, 0.3) is 5.91 Å². The molecule has 3 N–H and O–H groups in total. The van der Waals surface area contributed by atoms with Crippen LogP contribution in [0.3, 0.4) is 0 Å². The van der Waals surface area contributed by atoms with Crippen LogP contribution in [0.25, 0.3) is 0 Å². The van der Waals surface area contributed by atoms with Crippen molar-refractivity contribution in [3.05, 3.63) is 46.0 Å². The zero-order chi connectivity index (χ0) is 11.4. The molecule has 0 bridgehead atoms. The Morgan fingerprint density at radius 3 is 2.76 bits per heavy atom. The van der Waals surface area contributed by atoms with E-state index >= 15 is 0 Å². The van der Waals surface area contributed by atoms with E-state index < -0.39 is 5.91 Å². The maximum Gasteiger partial charge on any atom is 0.284 e. The predicted molar refractivity (Wildman–Crippen MR) is 69.3 cm³/mol. The fraction of sp³-hybridized carbons (Fsp3) is 0.182. The third kappa shape index (κ3) is 3.89. The van der Waals surface area contributed by atoms with Crippen LogP contribution in [0.15, 0.2) is 33.4 Å². The molecule has 0 unspecified atom stereocenters. The summed E-state index contributed by atoms with van der Waals surface area (Å²) in [5, 5.41) is 7.34. The van der Waals surface area contributed by atoms with E-state index in [0.717, 1.165) is 6.54 Å². The molecule has 0 fully saturated rings. The molecule has 0 saturated heterocycles. The molecule has 2 aromatic heterocycles. The second-order valence-electron chi connectivity index (χ2n) is 3.37. The van der Waals surface area contributed by atoms with Gasteiger partial charge in [0.05, 0.1) is 6.54 Å². The van der Waals surface area contributed by atoms with Crippen LogP contribution >= 0.6 is 23.7 Å². The average Bonchev–Trinajstić information content (AvgIpc) is 2.87. The predicted octanol–water partition coefficient (Wildman–Crippen LogP) is 2.15. The van der Waals surface area contributed by atoms with E-state index in [2.05, 4.69) is 16.8 Å². The molecule has 1 amide bonds. The van der Waals surface area contributed by atoms with Gasteiger partial charge in [0.1, 0.15) is 5.76 Å². The lowest BCUT2D eigenvalue weighted by Gasteiger charge is -1.99. The number of amides is 1. The Morgan fingerprint density at radius 1 is 1.35 bits per heavy atom. The van der Waals surface area contributed by atoms with E-state index in [0.29, 0.717) is 12.3 Å². The fourth-order valence-corrected chi connectivity index (χ4v) is 2.00. The van der Waals surface area contributed by atoms with Crippen molar-refractivity contribution in [2.45, 2.75) is 13.1 Å². The molecule has 0 radical (unpaired) electrons. The summed E-state index contributed by atoms with van der Waals surface area (Å²) in [4.78, 5) is 10.8. The molecule has 17 heavy (non-hydrogen) atoms. The van der Waals surface area contributed by atoms with Crippen molar-refractivity contribution in [2.24, 2.45) is 5.73 Å². The number of nitrogens with one attached hydrogen (secondary N) is 1. The van der Waals surface area contributed by atoms with Gasteiger partial charge < -0.3 is 15.5 Å². The largest absolute Gasteiger partial charge is 0.455 e. The number of hydrogen-bond acceptors (Lipinski definition) is 4. The Morgan fingerprint density at radius 2 is 2.18 bits per heavy atom. The van der Waals surface area contributed by atoms with E-state index in [9.17, 15) is 4.79 Å². The summed E-state index contributed by atoms with van der Waals surface area (Å²) in [5.74, 6) is 0.375. The number of primary amides is 1. The van der Waals surface area contributed by atoms with Crippen LogP contribution in [0.1, 0.15) is 21.9 Å². The van der Waals surface area contributed by atoms with Gasteiger partial charge in [-0.25, -0.2) is 0 Å². The first-order chi connectivity index (χ1) is 7.75. The van der Waals surface area contributed by atoms with Crippen molar-refractivity contribution in [1.29, 1.82) is 0 Å². The molecule has 0 aliphatic heterocycles. The topological polar surface area (TPSA) is 68.3 Å². The van der Waals surface area contributed by atoms with Gasteiger partial charge in [-0.05, 0) is 34.5 Å². The monoisotopic (exact) mass is 272 g/mol. The van der Waals surface area contributed by atoms with E-state index in [-0.39, 0.29) is 18.2 Å². The van der Waals surface area contributed by atoms with E-state index in [4.69, 9.17) is 10.2 Å². The van der Waals surface area contributed by atoms with E-state index in [1.165, 1.54) is 5.56 Å². The molecule has 6 heteroatoms. The normalized spacial score (nSPS) is 9.88. The van der Waals surface area contributed by atoms with Crippen molar-refractivity contribution < 1.29 is 9.21 Å². The number of carbonyl (C=O) groups excluding carboxylic acids is 1. The highest BCUT2D eigenvalue weighted by molar-refractivity contribution is 7.07. The third-order valence-electron chi connectivity index (χ3n) is 2.11. The highest BCUT2D eigenvalue weighted by Crippen LogP contribution is 2.08. The Balaban J connectivity index is 0.00000144. The number of halogens is 1. The Labute approximate surface area is 109 Å². The van der Waals surface area contributed by atoms with Crippen LogP contribution in [-0.4, -0.2) is 5.91 Å². The summed E-state index contributed by atoms with van der Waals surface area (Å²) in [6.45, 7) is 1.37. The first-order valence-corrected chi connectivity index (χ1v) is 5.80. The average molecular weight is 273 g/mol. The van der Waals surface area contributed by atoms with Gasteiger partial charge in [-0.2, -0.15) is 11.3 Å². The third-order valence-corrected chi connectivity index (χ3v) is 2.85. The summed E-state index contributed by atoms with van der Waals surface area (Å²) in [7, 11) is 0. The molecule has 4 nitrogen and oxygen atoms in total. The molecule has 0 saturated carbocycles. The van der Waals surface area contributed by atoms with Crippen LogP contribution in [-0.2, 0) is 13.1 Å². The minimum atomic E-state index is -0.538. The summed E-state index contributed by atoms with van der Waals surface area (Å²) in [6, 6.07) is 5.40. The molecule has 0 aliphatic carbocycles. The SMILES string of the molecule is Cl.NC(=O)c1ccc(CNCc2ccsc2)o1. The number of rotatable bonds is 5. The van der Waals surface area contributed by atoms with Crippen molar-refractivity contribution in [3.8, 4) is 0 Å². The summed E-state index contributed by atoms with van der Waals surface area (Å²) >= 11 is 1.67. The van der Waals surface area contributed by atoms with Crippen LogP contribution in [0, 0.1) is 0 Å². The van der Waals surface area contributed by atoms with Crippen molar-refractivity contribution in [2.75, 3.05) is 0 Å². The van der Waals surface area contributed by atoms with E-state index in [1.807, 2.05) is 5.38 Å². The molecule has 2 rings (SSSR count). The lowest BCUT2D eigenvalue weighted by molar-refractivity contribution is 0.0972. The summed E-state index contributed by atoms with van der Waals surface area (Å²) < 4.78 is 5.23. The molecule has 0 spiro atoms. The van der Waals surface area contributed by atoms with Gasteiger partial charge >= 0.3 is 0 Å². The second-order valence-corrected chi connectivity index (χ2v) is 4.15. The Bertz CT molecular complexity index is 468. The molecule has 0 atom stereocenters. The fourth-order valence-electron chi connectivity index (χ4n) is 1.33. The highest BCUT2D eigenvalue weighted by atomic mass is 35.5. The first-order valence-electron chi connectivity index (χ1n) is 4.86. The van der Waals surface area contributed by atoms with Crippen molar-refractivity contribution >= 4 is 29.7 Å². The molecule has 2 heterocycles. The zero-order valence-corrected chi connectivity index (χ0v) is 10.6. The maximum atomic E-state index is 10.8. The Kier molecular flexibility index (Phi) is 5.21. The summed E-state index contributed by atoms with van der Waals surface area (Å²) in [5.41, 5.74) is 6.32. The minimum Gasteiger partial charge on any atom is -0.455 e. The molecule has 92 valence electrons. The number of hydrogen-bond donors (Lipinski definition) is 2. The first kappa shape index (κ1) is 13.8. The van der Waals surface area contributed by atoms with E-state index in [1.54, 1.807) is 23.5 Å². The zero-order valence-electron chi connectivity index (χ0n) is 9.01. The van der Waals surface area contributed by atoms with Gasteiger partial charge in [-0.15, -0.1) is 12.4 Å². The smallest absolute Gasteiger partial charge is 0.284 e. The highest BCUT2D eigenvalue weighted by Gasteiger charge is 2.06. The van der Waals surface area contributed by atoms with Gasteiger partial charge in [-0.1, -0.05) is 0 Å². The van der Waals surface area contributed by atoms with Crippen molar-refractivity contribution in [1.82, 2.24) is 5.32 Å². The van der Waals surface area contributed by atoms with Gasteiger partial charge in [0.2, 0.25) is 0 Å². The number of thiophene rings is 1. The quantitative estimate of drug-likeness (QED) is 0.876. The lowest BCUT2D eigenvalue weighted by Crippen LogP contribution is -2.12. The lowest BCUT2D eigenvalue weighted by atomic mass is 10.3. The summed E-state index contributed by atoms with van der Waals surface area (Å²) in [6.07, 6.45) is 0. The number of carbonyl (C=O) groups is 1. The van der Waals surface area contributed by atoms with Crippen LogP contribution < -0.4 is 11.1 Å². The molecular formula is C11H13ClN2O2S. The maximum absolute atomic E-state index is 10.8. The standard InChI is InChI=1S/C11H12N2O2S.ClH/c12-11(14)10-2-1-9(15-10)6-13-5-8-3-4-16-7-8;/h1-4,7,13H,5-6H2,(H2,12,14);1H. The van der Waals surface area contributed by atoms with Crippen LogP contribution in [0.4, 0.5) is 0 Å². The van der Waals surface area contributed by atoms with Crippen LogP contribution in [0.2, 0.25) is 0 Å². The van der Waals surface area contributed by atoms with Gasteiger partial charge in [0.15, 0.2) is 5.76 Å². The molecule has 2 aromatic rings. The molecule has 0 aliphatic rings. The van der Waals surface area contributed by atoms with Gasteiger partial charge in [-0.3, -0.25) is 4.79 Å². The second kappa shape index (κ2) is 6.44. The molecule has 0 aromatic carbocycles. The number of furan rings is 1. The van der Waals surface area contributed by atoms with Gasteiger partial charge in [0, 0.05) is 6.54 Å². The van der Waals surface area contributed by atoms with Crippen LogP contribution in [0.5, 0.6) is 0 Å². The number of nitrogens with two attached hydrogens (primary N) is 1. The molecular weight excluding hydrogens is 260 g/mol. The Hall–Kier alpha value is -1.30. The van der Waals surface area contributed by atoms with Crippen molar-refractivity contribution in [3.63, 3.8) is 0 Å². The minimum absolute atomic E-state index is 0.